The van der Waals surface area contributed by atoms with Crippen LogP contribution >= 0.6 is 0 Å². The van der Waals surface area contributed by atoms with Gasteiger partial charge >= 0.3 is 0 Å². The monoisotopic (exact) mass is 641 g/mol. The lowest BCUT2D eigenvalue weighted by atomic mass is 10.0. The van der Waals surface area contributed by atoms with Crippen molar-refractivity contribution in [2.45, 2.75) is 6.92 Å². The van der Waals surface area contributed by atoms with Gasteiger partial charge in [-0.1, -0.05) is 127 Å². The summed E-state index contributed by atoms with van der Waals surface area (Å²) in [5, 5.41) is 2.36. The Labute approximate surface area is 290 Å². The SMILES string of the molecule is Cc1cccc(-c2ccc3c(c2)c2ccccc2n3-c2cc(-c3cccnc3)ccc2-c2nc(-c3ccccc3)nc(-c3ccccc3)n2)c1. The number of rotatable bonds is 6. The molecule has 0 saturated carbocycles. The van der Waals surface area contributed by atoms with Crippen molar-refractivity contribution in [3.63, 3.8) is 0 Å². The first-order valence-corrected chi connectivity index (χ1v) is 16.7. The van der Waals surface area contributed by atoms with Gasteiger partial charge in [0.1, 0.15) is 0 Å². The second-order valence-corrected chi connectivity index (χ2v) is 12.5. The van der Waals surface area contributed by atoms with Gasteiger partial charge in [-0.25, -0.2) is 15.0 Å². The van der Waals surface area contributed by atoms with E-state index in [0.29, 0.717) is 17.5 Å². The molecule has 0 unspecified atom stereocenters. The first kappa shape index (κ1) is 29.4. The summed E-state index contributed by atoms with van der Waals surface area (Å²) < 4.78 is 2.36. The van der Waals surface area contributed by atoms with Gasteiger partial charge in [-0.05, 0) is 60.0 Å². The molecule has 9 rings (SSSR count). The molecule has 0 saturated heterocycles. The largest absolute Gasteiger partial charge is 0.308 e. The van der Waals surface area contributed by atoms with Crippen LogP contribution in [0.25, 0.3) is 83.9 Å². The molecular weight excluding hydrogens is 611 g/mol. The first-order valence-electron chi connectivity index (χ1n) is 16.7. The lowest BCUT2D eigenvalue weighted by molar-refractivity contribution is 1.06. The standard InChI is InChI=1S/C45H31N5/c1-30-12-10-17-33(26-30)34-22-24-41-39(27-34)37-19-8-9-20-40(37)50(41)42-28-35(36-18-11-25-46-29-36)21-23-38(42)45-48-43(31-13-4-2-5-14-31)47-44(49-45)32-15-6-3-7-16-32/h2-29H,1H3. The molecule has 5 heteroatoms. The fourth-order valence-electron chi connectivity index (χ4n) is 6.78. The van der Waals surface area contributed by atoms with Crippen LogP contribution in [0.5, 0.6) is 0 Å². The Morgan fingerprint density at radius 2 is 1.02 bits per heavy atom. The van der Waals surface area contributed by atoms with Crippen molar-refractivity contribution < 1.29 is 0 Å². The summed E-state index contributed by atoms with van der Waals surface area (Å²) in [5.74, 6) is 1.86. The Kier molecular flexibility index (Phi) is 7.29. The molecule has 50 heavy (non-hydrogen) atoms. The lowest BCUT2D eigenvalue weighted by Crippen LogP contribution is -2.04. The highest BCUT2D eigenvalue weighted by Gasteiger charge is 2.20. The van der Waals surface area contributed by atoms with Crippen molar-refractivity contribution in [1.82, 2.24) is 24.5 Å². The summed E-state index contributed by atoms with van der Waals surface area (Å²) in [7, 11) is 0. The molecule has 5 nitrogen and oxygen atoms in total. The maximum Gasteiger partial charge on any atom is 0.166 e. The van der Waals surface area contributed by atoms with Crippen LogP contribution in [0.4, 0.5) is 0 Å². The van der Waals surface area contributed by atoms with Crippen LogP contribution in [0.3, 0.4) is 0 Å². The van der Waals surface area contributed by atoms with Crippen molar-refractivity contribution in [3.8, 4) is 62.1 Å². The smallest absolute Gasteiger partial charge is 0.166 e. The molecule has 0 fully saturated rings. The Morgan fingerprint density at radius 1 is 0.420 bits per heavy atom. The normalized spacial score (nSPS) is 11.3. The Bertz CT molecular complexity index is 2590. The number of benzene rings is 6. The van der Waals surface area contributed by atoms with E-state index in [4.69, 9.17) is 15.0 Å². The molecule has 6 aromatic carbocycles. The summed E-state index contributed by atoms with van der Waals surface area (Å²) in [6, 6.07) is 54.9. The van der Waals surface area contributed by atoms with Crippen LogP contribution in [0.2, 0.25) is 0 Å². The minimum Gasteiger partial charge on any atom is -0.308 e. The predicted octanol–water partition coefficient (Wildman–Crippen LogP) is 11.0. The van der Waals surface area contributed by atoms with Gasteiger partial charge in [0, 0.05) is 45.4 Å². The number of aryl methyl sites for hydroxylation is 1. The molecule has 0 spiro atoms. The van der Waals surface area contributed by atoms with E-state index in [9.17, 15) is 0 Å². The predicted molar refractivity (Wildman–Crippen MR) is 204 cm³/mol. The van der Waals surface area contributed by atoms with Crippen LogP contribution in [-0.2, 0) is 0 Å². The minimum atomic E-state index is 0.604. The van der Waals surface area contributed by atoms with Gasteiger partial charge in [-0.15, -0.1) is 0 Å². The van der Waals surface area contributed by atoms with Gasteiger partial charge in [0.25, 0.3) is 0 Å². The van der Waals surface area contributed by atoms with E-state index in [2.05, 4.69) is 107 Å². The Hall–Kier alpha value is -6.72. The molecule has 0 aliphatic heterocycles. The van der Waals surface area contributed by atoms with E-state index in [-0.39, 0.29) is 0 Å². The van der Waals surface area contributed by atoms with E-state index in [1.54, 1.807) is 6.20 Å². The fourth-order valence-corrected chi connectivity index (χ4v) is 6.78. The Balaban J connectivity index is 1.34. The molecule has 236 valence electrons. The van der Waals surface area contributed by atoms with Crippen LogP contribution in [0, 0.1) is 6.92 Å². The zero-order valence-corrected chi connectivity index (χ0v) is 27.4. The molecule has 0 N–H and O–H groups in total. The molecule has 0 aliphatic rings. The summed E-state index contributed by atoms with van der Waals surface area (Å²) in [4.78, 5) is 19.7. The van der Waals surface area contributed by atoms with Crippen LogP contribution < -0.4 is 0 Å². The van der Waals surface area contributed by atoms with Crippen LogP contribution in [0.15, 0.2) is 170 Å². The topological polar surface area (TPSA) is 56.5 Å². The number of pyridine rings is 1. The number of para-hydroxylation sites is 1. The van der Waals surface area contributed by atoms with E-state index < -0.39 is 0 Å². The van der Waals surface area contributed by atoms with Crippen molar-refractivity contribution >= 4 is 21.8 Å². The molecule has 0 atom stereocenters. The van der Waals surface area contributed by atoms with Gasteiger partial charge < -0.3 is 4.57 Å². The third-order valence-corrected chi connectivity index (χ3v) is 9.20. The molecular formula is C45H31N5. The second kappa shape index (κ2) is 12.4. The maximum atomic E-state index is 5.15. The fraction of sp³-hybridized carbons (Fsp3) is 0.0222. The average Bonchev–Trinajstić information content (AvgIpc) is 3.52. The number of hydrogen-bond acceptors (Lipinski definition) is 4. The molecule has 0 radical (unpaired) electrons. The van der Waals surface area contributed by atoms with Gasteiger partial charge in [0.15, 0.2) is 17.5 Å². The van der Waals surface area contributed by atoms with Crippen molar-refractivity contribution in [3.05, 3.63) is 176 Å². The highest BCUT2D eigenvalue weighted by Crippen LogP contribution is 2.39. The number of hydrogen-bond donors (Lipinski definition) is 0. The third-order valence-electron chi connectivity index (χ3n) is 9.20. The highest BCUT2D eigenvalue weighted by molar-refractivity contribution is 6.11. The molecule has 0 bridgehead atoms. The number of nitrogens with zero attached hydrogens (tertiary/aromatic N) is 5. The van der Waals surface area contributed by atoms with E-state index >= 15 is 0 Å². The molecule has 3 heterocycles. The Morgan fingerprint density at radius 3 is 1.74 bits per heavy atom. The quantitative estimate of drug-likeness (QED) is 0.181. The van der Waals surface area contributed by atoms with Crippen molar-refractivity contribution in [1.29, 1.82) is 0 Å². The minimum absolute atomic E-state index is 0.604. The van der Waals surface area contributed by atoms with E-state index in [1.165, 1.54) is 27.5 Å². The second-order valence-electron chi connectivity index (χ2n) is 12.5. The van der Waals surface area contributed by atoms with Crippen LogP contribution in [-0.4, -0.2) is 24.5 Å². The molecule has 9 aromatic rings. The highest BCUT2D eigenvalue weighted by atomic mass is 15.1. The average molecular weight is 642 g/mol. The summed E-state index contributed by atoms with van der Waals surface area (Å²) in [5.41, 5.74) is 11.7. The number of aromatic nitrogens is 5. The first-order chi connectivity index (χ1) is 24.7. The molecule has 0 aliphatic carbocycles. The third kappa shape index (κ3) is 5.31. The lowest BCUT2D eigenvalue weighted by Gasteiger charge is -2.16. The number of fused-ring (bicyclic) bond motifs is 3. The zero-order chi connectivity index (χ0) is 33.4. The molecule has 3 aromatic heterocycles. The molecule has 0 amide bonds. The summed E-state index contributed by atoms with van der Waals surface area (Å²) in [6.45, 7) is 2.14. The van der Waals surface area contributed by atoms with Gasteiger partial charge in [-0.2, -0.15) is 0 Å². The van der Waals surface area contributed by atoms with E-state index in [0.717, 1.165) is 44.5 Å². The van der Waals surface area contributed by atoms with Gasteiger partial charge in [0.2, 0.25) is 0 Å². The van der Waals surface area contributed by atoms with E-state index in [1.807, 2.05) is 72.9 Å². The van der Waals surface area contributed by atoms with Crippen molar-refractivity contribution in [2.24, 2.45) is 0 Å². The maximum absolute atomic E-state index is 5.15. The summed E-state index contributed by atoms with van der Waals surface area (Å²) in [6.07, 6.45) is 3.71. The van der Waals surface area contributed by atoms with Gasteiger partial charge in [-0.3, -0.25) is 4.98 Å². The van der Waals surface area contributed by atoms with Gasteiger partial charge in [0.05, 0.1) is 16.7 Å². The van der Waals surface area contributed by atoms with Crippen molar-refractivity contribution in [2.75, 3.05) is 0 Å². The summed E-state index contributed by atoms with van der Waals surface area (Å²) >= 11 is 0. The zero-order valence-electron chi connectivity index (χ0n) is 27.4. The van der Waals surface area contributed by atoms with Crippen LogP contribution in [0.1, 0.15) is 5.56 Å².